The van der Waals surface area contributed by atoms with E-state index in [1.807, 2.05) is 20.8 Å². The Balaban J connectivity index is 4.01. The van der Waals surface area contributed by atoms with Crippen molar-refractivity contribution in [2.24, 2.45) is 0 Å². The van der Waals surface area contributed by atoms with Gasteiger partial charge in [-0.25, -0.2) is 0 Å². The molecule has 0 aromatic carbocycles. The fraction of sp³-hybridized carbons (Fsp3) is 0.917. The molecule has 4 heteroatoms. The number of methoxy groups -OCH3 is 1. The number of carbonyl (C=O) groups excluding carboxylic acids is 1. The van der Waals surface area contributed by atoms with Gasteiger partial charge in [0.15, 0.2) is 0 Å². The third kappa shape index (κ3) is 6.08. The number of aliphatic hydroxyl groups excluding tert-OH is 1. The fourth-order valence-corrected chi connectivity index (χ4v) is 1.43. The normalized spacial score (nSPS) is 16.6. The first-order valence-electron chi connectivity index (χ1n) is 5.92. The fourth-order valence-electron chi connectivity index (χ4n) is 1.43. The topological polar surface area (TPSA) is 58.6 Å². The van der Waals surface area contributed by atoms with Gasteiger partial charge in [-0.3, -0.25) is 4.79 Å². The summed E-state index contributed by atoms with van der Waals surface area (Å²) >= 11 is 0. The smallest absolute Gasteiger partial charge is 0.220 e. The van der Waals surface area contributed by atoms with Crippen molar-refractivity contribution in [3.05, 3.63) is 0 Å². The van der Waals surface area contributed by atoms with Crippen LogP contribution in [-0.4, -0.2) is 36.4 Å². The molecule has 2 unspecified atom stereocenters. The summed E-state index contributed by atoms with van der Waals surface area (Å²) < 4.78 is 5.08. The van der Waals surface area contributed by atoms with Crippen molar-refractivity contribution in [1.82, 2.24) is 5.32 Å². The van der Waals surface area contributed by atoms with Gasteiger partial charge < -0.3 is 15.2 Å². The van der Waals surface area contributed by atoms with E-state index >= 15 is 0 Å². The predicted molar refractivity (Wildman–Crippen MR) is 64.2 cm³/mol. The summed E-state index contributed by atoms with van der Waals surface area (Å²) in [7, 11) is 1.64. The third-order valence-corrected chi connectivity index (χ3v) is 3.07. The zero-order chi connectivity index (χ0) is 12.6. The summed E-state index contributed by atoms with van der Waals surface area (Å²) in [5, 5.41) is 11.9. The van der Waals surface area contributed by atoms with E-state index in [1.165, 1.54) is 0 Å². The predicted octanol–water partition coefficient (Wildman–Crippen LogP) is 1.47. The Kier molecular flexibility index (Phi) is 7.34. The lowest BCUT2D eigenvalue weighted by molar-refractivity contribution is -0.123. The molecule has 0 rings (SSSR count). The molecule has 0 aromatic rings. The number of ether oxygens (including phenoxy) is 1. The zero-order valence-electron chi connectivity index (χ0n) is 10.9. The van der Waals surface area contributed by atoms with Gasteiger partial charge in [0.2, 0.25) is 5.91 Å². The Morgan fingerprint density at radius 1 is 1.56 bits per heavy atom. The molecule has 0 aliphatic carbocycles. The van der Waals surface area contributed by atoms with Crippen molar-refractivity contribution >= 4 is 5.91 Å². The van der Waals surface area contributed by atoms with Gasteiger partial charge in [-0.05, 0) is 33.1 Å². The summed E-state index contributed by atoms with van der Waals surface area (Å²) in [5.74, 6) is 0.0294. The zero-order valence-corrected chi connectivity index (χ0v) is 10.9. The average molecular weight is 231 g/mol. The molecule has 0 aliphatic rings. The highest BCUT2D eigenvalue weighted by Crippen LogP contribution is 2.14. The largest absolute Gasteiger partial charge is 0.396 e. The molecule has 96 valence electrons. The minimum absolute atomic E-state index is 0.0294. The second kappa shape index (κ2) is 7.63. The molecule has 1 amide bonds. The number of amides is 1. The van der Waals surface area contributed by atoms with E-state index in [2.05, 4.69) is 5.32 Å². The van der Waals surface area contributed by atoms with E-state index < -0.39 is 0 Å². The van der Waals surface area contributed by atoms with Crippen LogP contribution in [0.5, 0.6) is 0 Å². The van der Waals surface area contributed by atoms with Crippen LogP contribution in [0, 0.1) is 0 Å². The Hall–Kier alpha value is -0.610. The second-order valence-corrected chi connectivity index (χ2v) is 4.52. The number of hydrogen-bond donors (Lipinski definition) is 2. The molecule has 0 spiro atoms. The number of hydrogen-bond acceptors (Lipinski definition) is 3. The molecular formula is C12H25NO3. The summed E-state index contributed by atoms with van der Waals surface area (Å²) in [4.78, 5) is 11.7. The molecule has 0 bridgehead atoms. The maximum absolute atomic E-state index is 11.7. The van der Waals surface area contributed by atoms with Gasteiger partial charge in [0.25, 0.3) is 0 Å². The SMILES string of the molecule is CCC(C)(CCO)NC(=O)CCC(C)OC. The molecule has 0 saturated heterocycles. The molecule has 0 heterocycles. The molecular weight excluding hydrogens is 206 g/mol. The molecule has 4 nitrogen and oxygen atoms in total. The Bertz CT molecular complexity index is 208. The van der Waals surface area contributed by atoms with Crippen LogP contribution < -0.4 is 5.32 Å². The van der Waals surface area contributed by atoms with Crippen LogP contribution in [0.3, 0.4) is 0 Å². The minimum atomic E-state index is -0.290. The first-order valence-corrected chi connectivity index (χ1v) is 5.92. The minimum Gasteiger partial charge on any atom is -0.396 e. The first kappa shape index (κ1) is 15.4. The molecule has 0 aromatic heterocycles. The van der Waals surface area contributed by atoms with Crippen molar-refractivity contribution in [1.29, 1.82) is 0 Å². The highest BCUT2D eigenvalue weighted by Gasteiger charge is 2.23. The highest BCUT2D eigenvalue weighted by molar-refractivity contribution is 5.76. The van der Waals surface area contributed by atoms with E-state index in [9.17, 15) is 4.79 Å². The molecule has 0 fully saturated rings. The molecule has 0 saturated carbocycles. The third-order valence-electron chi connectivity index (χ3n) is 3.07. The first-order chi connectivity index (χ1) is 7.47. The van der Waals surface area contributed by atoms with E-state index in [4.69, 9.17) is 9.84 Å². The van der Waals surface area contributed by atoms with Crippen LogP contribution in [0.15, 0.2) is 0 Å². The van der Waals surface area contributed by atoms with Gasteiger partial charge in [0, 0.05) is 25.7 Å². The highest BCUT2D eigenvalue weighted by atomic mass is 16.5. The summed E-state index contributed by atoms with van der Waals surface area (Å²) in [6.07, 6.45) is 2.71. The molecule has 0 radical (unpaired) electrons. The van der Waals surface area contributed by atoms with E-state index in [0.717, 1.165) is 12.8 Å². The van der Waals surface area contributed by atoms with Crippen molar-refractivity contribution in [3.8, 4) is 0 Å². The van der Waals surface area contributed by atoms with Crippen LogP contribution in [0.1, 0.15) is 46.5 Å². The quantitative estimate of drug-likeness (QED) is 0.665. The van der Waals surface area contributed by atoms with Crippen molar-refractivity contribution in [3.63, 3.8) is 0 Å². The maximum atomic E-state index is 11.7. The Labute approximate surface area is 98.4 Å². The molecule has 2 atom stereocenters. The summed E-state index contributed by atoms with van der Waals surface area (Å²) in [5.41, 5.74) is -0.290. The van der Waals surface area contributed by atoms with E-state index in [-0.39, 0.29) is 24.2 Å². The lowest BCUT2D eigenvalue weighted by Gasteiger charge is -2.29. The van der Waals surface area contributed by atoms with Gasteiger partial charge in [0.05, 0.1) is 6.10 Å². The van der Waals surface area contributed by atoms with Crippen molar-refractivity contribution in [2.75, 3.05) is 13.7 Å². The molecule has 0 aliphatic heterocycles. The molecule has 16 heavy (non-hydrogen) atoms. The van der Waals surface area contributed by atoms with E-state index in [1.54, 1.807) is 7.11 Å². The van der Waals surface area contributed by atoms with Crippen LogP contribution in [0.25, 0.3) is 0 Å². The maximum Gasteiger partial charge on any atom is 0.220 e. The number of nitrogens with one attached hydrogen (secondary N) is 1. The van der Waals surface area contributed by atoms with Crippen LogP contribution in [0.4, 0.5) is 0 Å². The standard InChI is InChI=1S/C12H25NO3/c1-5-12(3,8-9-14)13-11(15)7-6-10(2)16-4/h10,14H,5-9H2,1-4H3,(H,13,15). The monoisotopic (exact) mass is 231 g/mol. The number of rotatable bonds is 8. The van der Waals surface area contributed by atoms with Gasteiger partial charge in [-0.2, -0.15) is 0 Å². The Morgan fingerprint density at radius 3 is 2.62 bits per heavy atom. The van der Waals surface area contributed by atoms with Crippen LogP contribution >= 0.6 is 0 Å². The van der Waals surface area contributed by atoms with Gasteiger partial charge in [0.1, 0.15) is 0 Å². The van der Waals surface area contributed by atoms with Crippen LogP contribution in [-0.2, 0) is 9.53 Å². The number of carbonyl (C=O) groups is 1. The lowest BCUT2D eigenvalue weighted by atomic mass is 9.94. The summed E-state index contributed by atoms with van der Waals surface area (Å²) in [6, 6.07) is 0. The van der Waals surface area contributed by atoms with Crippen molar-refractivity contribution in [2.45, 2.75) is 58.1 Å². The van der Waals surface area contributed by atoms with Gasteiger partial charge in [-0.1, -0.05) is 6.92 Å². The van der Waals surface area contributed by atoms with Gasteiger partial charge >= 0.3 is 0 Å². The number of aliphatic hydroxyl groups is 1. The summed E-state index contributed by atoms with van der Waals surface area (Å²) in [6.45, 7) is 6.01. The molecule has 2 N–H and O–H groups in total. The second-order valence-electron chi connectivity index (χ2n) is 4.52. The lowest BCUT2D eigenvalue weighted by Crippen LogP contribution is -2.46. The van der Waals surface area contributed by atoms with Crippen molar-refractivity contribution < 1.29 is 14.6 Å². The van der Waals surface area contributed by atoms with Crippen LogP contribution in [0.2, 0.25) is 0 Å². The van der Waals surface area contributed by atoms with E-state index in [0.29, 0.717) is 12.8 Å². The average Bonchev–Trinajstić information content (AvgIpc) is 2.26. The Morgan fingerprint density at radius 2 is 2.19 bits per heavy atom. The van der Waals surface area contributed by atoms with Gasteiger partial charge in [-0.15, -0.1) is 0 Å².